The van der Waals surface area contributed by atoms with Crippen LogP contribution in [0.15, 0.2) is 48.2 Å². The number of benzene rings is 2. The third-order valence-electron chi connectivity index (χ3n) is 6.28. The maximum absolute atomic E-state index is 13.3. The molecule has 36 heavy (non-hydrogen) atoms. The first kappa shape index (κ1) is 31.7. The van der Waals surface area contributed by atoms with Crippen LogP contribution in [0.2, 0.25) is 0 Å². The van der Waals surface area contributed by atoms with E-state index in [0.29, 0.717) is 5.70 Å². The summed E-state index contributed by atoms with van der Waals surface area (Å²) in [6, 6.07) is 11.8. The van der Waals surface area contributed by atoms with Crippen LogP contribution in [-0.2, 0) is 0 Å². The predicted molar refractivity (Wildman–Crippen MR) is 154 cm³/mol. The Morgan fingerprint density at radius 3 is 1.33 bits per heavy atom. The Hall–Kier alpha value is -2.28. The van der Waals surface area contributed by atoms with Gasteiger partial charge in [-0.05, 0) is 65.8 Å². The van der Waals surface area contributed by atoms with Gasteiger partial charge in [-0.1, -0.05) is 91.8 Å². The standard InChI is InChI=1S/C31H43N2O2.Li.H/c1-18(2)24-13-11-14-25(19(3)4)28(24)30(34)32-22(9)17-23(10)33-31(35)29-26(20(5)6)15-12-16-27(29)21(7)8;;/h11-21,23H,9H2,1-8,10H3,(H,32,34)(H,33,35);;. The van der Waals surface area contributed by atoms with Gasteiger partial charge in [0.05, 0.1) is 0 Å². The summed E-state index contributed by atoms with van der Waals surface area (Å²) in [6.45, 7) is 22.7. The van der Waals surface area contributed by atoms with Gasteiger partial charge in [0.25, 0.3) is 11.8 Å². The van der Waals surface area contributed by atoms with Crippen molar-refractivity contribution in [3.05, 3.63) is 88.5 Å². The van der Waals surface area contributed by atoms with E-state index < -0.39 is 0 Å². The van der Waals surface area contributed by atoms with Crippen LogP contribution in [0.5, 0.6) is 0 Å². The van der Waals surface area contributed by atoms with Gasteiger partial charge in [0, 0.05) is 22.9 Å². The molecule has 1 radical (unpaired) electrons. The third-order valence-corrected chi connectivity index (χ3v) is 6.28. The van der Waals surface area contributed by atoms with Crippen LogP contribution in [0.1, 0.15) is 129 Å². The number of amides is 2. The number of allylic oxidation sites excluding steroid dienone is 1. The van der Waals surface area contributed by atoms with Crippen molar-refractivity contribution >= 4 is 30.7 Å². The number of carbonyl (C=O) groups excluding carboxylic acids is 2. The molecule has 4 nitrogen and oxygen atoms in total. The minimum absolute atomic E-state index is 0. The zero-order valence-corrected chi connectivity index (χ0v) is 23.0. The van der Waals surface area contributed by atoms with E-state index in [9.17, 15) is 9.59 Å². The molecule has 0 heterocycles. The summed E-state index contributed by atoms with van der Waals surface area (Å²) in [6.07, 6.45) is 1.79. The molecule has 0 aliphatic rings. The molecule has 0 saturated carbocycles. The van der Waals surface area contributed by atoms with Crippen molar-refractivity contribution in [3.8, 4) is 0 Å². The van der Waals surface area contributed by atoms with Crippen molar-refractivity contribution < 1.29 is 9.59 Å². The second kappa shape index (κ2) is 13.9. The molecule has 5 heteroatoms. The minimum atomic E-state index is -0.305. The molecule has 2 aromatic carbocycles. The molecule has 1 unspecified atom stereocenters. The van der Waals surface area contributed by atoms with Crippen LogP contribution in [0.25, 0.3) is 0 Å². The molecular formula is C31H44LiN2O2. The van der Waals surface area contributed by atoms with Gasteiger partial charge in [0.2, 0.25) is 0 Å². The van der Waals surface area contributed by atoms with E-state index in [4.69, 9.17) is 0 Å². The van der Waals surface area contributed by atoms with Gasteiger partial charge in [-0.2, -0.15) is 0 Å². The van der Waals surface area contributed by atoms with Crippen molar-refractivity contribution in [1.29, 1.82) is 0 Å². The van der Waals surface area contributed by atoms with Gasteiger partial charge in [-0.25, -0.2) is 0 Å². The summed E-state index contributed by atoms with van der Waals surface area (Å²) in [5.41, 5.74) is 6.07. The van der Waals surface area contributed by atoms with E-state index in [0.717, 1.165) is 33.4 Å². The van der Waals surface area contributed by atoms with E-state index in [-0.39, 0.29) is 60.4 Å². The Morgan fingerprint density at radius 1 is 0.667 bits per heavy atom. The van der Waals surface area contributed by atoms with E-state index in [2.05, 4.69) is 72.9 Å². The van der Waals surface area contributed by atoms with Gasteiger partial charge in [-0.15, -0.1) is 0 Å². The number of nitrogens with one attached hydrogen (secondary N) is 2. The molecule has 0 fully saturated rings. The molecular weight excluding hydrogens is 439 g/mol. The molecule has 2 rings (SSSR count). The second-order valence-electron chi connectivity index (χ2n) is 10.6. The molecule has 2 amide bonds. The Morgan fingerprint density at radius 2 is 1.00 bits per heavy atom. The Labute approximate surface area is 230 Å². The predicted octanol–water partition coefficient (Wildman–Crippen LogP) is 6.80. The van der Waals surface area contributed by atoms with Gasteiger partial charge in [0.15, 0.2) is 0 Å². The van der Waals surface area contributed by atoms with E-state index in [1.165, 1.54) is 0 Å². The molecule has 191 valence electrons. The topological polar surface area (TPSA) is 58.2 Å². The van der Waals surface area contributed by atoms with Gasteiger partial charge in [0.1, 0.15) is 0 Å². The van der Waals surface area contributed by atoms with Crippen molar-refractivity contribution in [2.45, 2.75) is 92.0 Å². The molecule has 0 saturated heterocycles. The number of hydrogen-bond donors (Lipinski definition) is 2. The molecule has 0 aliphatic heterocycles. The summed E-state index contributed by atoms with van der Waals surface area (Å²) in [7, 11) is 0. The number of rotatable bonds is 9. The maximum atomic E-state index is 13.3. The van der Waals surface area contributed by atoms with Crippen molar-refractivity contribution in [1.82, 2.24) is 10.6 Å². The fourth-order valence-electron chi connectivity index (χ4n) is 4.50. The molecule has 2 aromatic rings. The quantitative estimate of drug-likeness (QED) is 0.386. The summed E-state index contributed by atoms with van der Waals surface area (Å²) in [5, 5.41) is 6.03. The van der Waals surface area contributed by atoms with Crippen LogP contribution in [0.3, 0.4) is 0 Å². The van der Waals surface area contributed by atoms with E-state index in [1.54, 1.807) is 6.08 Å². The fourth-order valence-corrected chi connectivity index (χ4v) is 4.50. The zero-order chi connectivity index (χ0) is 26.4. The summed E-state index contributed by atoms with van der Waals surface area (Å²) < 4.78 is 0. The monoisotopic (exact) mass is 483 g/mol. The van der Waals surface area contributed by atoms with Crippen LogP contribution >= 0.6 is 0 Å². The molecule has 0 spiro atoms. The summed E-state index contributed by atoms with van der Waals surface area (Å²) in [4.78, 5) is 26.6. The van der Waals surface area contributed by atoms with Gasteiger partial charge in [-0.3, -0.25) is 9.59 Å². The normalized spacial score (nSPS) is 12.7. The van der Waals surface area contributed by atoms with Crippen molar-refractivity contribution in [2.24, 2.45) is 0 Å². The molecule has 0 bridgehead atoms. The van der Waals surface area contributed by atoms with Crippen LogP contribution in [0.4, 0.5) is 0 Å². The Bertz CT molecular complexity index is 1030. The van der Waals surface area contributed by atoms with Gasteiger partial charge >= 0.3 is 18.9 Å². The first-order valence-corrected chi connectivity index (χ1v) is 12.8. The zero-order valence-electron chi connectivity index (χ0n) is 23.0. The second-order valence-corrected chi connectivity index (χ2v) is 10.6. The van der Waals surface area contributed by atoms with E-state index in [1.807, 2.05) is 43.3 Å². The van der Waals surface area contributed by atoms with Crippen molar-refractivity contribution in [2.75, 3.05) is 0 Å². The van der Waals surface area contributed by atoms with E-state index >= 15 is 0 Å². The molecule has 1 atom stereocenters. The molecule has 0 aromatic heterocycles. The summed E-state index contributed by atoms with van der Waals surface area (Å²) >= 11 is 0. The number of hydrogen-bond acceptors (Lipinski definition) is 2. The number of carbonyl (C=O) groups is 2. The average molecular weight is 484 g/mol. The first-order chi connectivity index (χ1) is 16.3. The first-order valence-electron chi connectivity index (χ1n) is 12.8. The van der Waals surface area contributed by atoms with Crippen LogP contribution in [-0.4, -0.2) is 36.7 Å². The Kier molecular flexibility index (Phi) is 12.2. The molecule has 0 aliphatic carbocycles. The van der Waals surface area contributed by atoms with Gasteiger partial charge < -0.3 is 10.6 Å². The van der Waals surface area contributed by atoms with Crippen LogP contribution in [0, 0.1) is 6.92 Å². The molecule has 2 N–H and O–H groups in total. The Balaban J connectivity index is 0.00000648. The SMILES string of the molecule is [CH2]C(=CC(C)NC(=O)c1c(C(C)C)cccc1C(C)C)NC(=O)c1c(C(C)C)cccc1C(C)C.[LiH]. The summed E-state index contributed by atoms with van der Waals surface area (Å²) in [5.74, 6) is 0.652. The fraction of sp³-hybridized carbons (Fsp3) is 0.452. The van der Waals surface area contributed by atoms with Crippen molar-refractivity contribution in [3.63, 3.8) is 0 Å². The van der Waals surface area contributed by atoms with Crippen LogP contribution < -0.4 is 10.6 Å². The average Bonchev–Trinajstić information content (AvgIpc) is 2.77. The third kappa shape index (κ3) is 7.86.